The van der Waals surface area contributed by atoms with Crippen molar-refractivity contribution in [3.63, 3.8) is 0 Å². The zero-order chi connectivity index (χ0) is 18.4. The lowest BCUT2D eigenvalue weighted by Gasteiger charge is -2.20. The number of anilines is 1. The molecular weight excluding hydrogens is 329 g/mol. The Morgan fingerprint density at radius 2 is 2.12 bits per heavy atom. The van der Waals surface area contributed by atoms with Gasteiger partial charge in [-0.15, -0.1) is 0 Å². The van der Waals surface area contributed by atoms with Crippen LogP contribution in [0.1, 0.15) is 24.5 Å². The summed E-state index contributed by atoms with van der Waals surface area (Å²) in [6.45, 7) is 7.04. The van der Waals surface area contributed by atoms with Crippen LogP contribution in [-0.4, -0.2) is 36.6 Å². The lowest BCUT2D eigenvalue weighted by molar-refractivity contribution is 0.612. The summed E-state index contributed by atoms with van der Waals surface area (Å²) in [6.07, 6.45) is 2.55. The SMILES string of the molecule is CCNC(=NCc1ccc(C)cc1)NC1CCN(c2ncccc2F)C1. The van der Waals surface area contributed by atoms with E-state index in [0.717, 1.165) is 25.5 Å². The molecule has 1 atom stereocenters. The van der Waals surface area contributed by atoms with Crippen LogP contribution in [0.25, 0.3) is 0 Å². The maximum Gasteiger partial charge on any atom is 0.191 e. The molecule has 1 aliphatic rings. The lowest BCUT2D eigenvalue weighted by atomic mass is 10.1. The summed E-state index contributed by atoms with van der Waals surface area (Å²) in [5.41, 5.74) is 2.42. The van der Waals surface area contributed by atoms with Crippen molar-refractivity contribution in [2.45, 2.75) is 32.9 Å². The Kier molecular flexibility index (Phi) is 6.04. The fourth-order valence-corrected chi connectivity index (χ4v) is 3.06. The molecule has 1 aliphatic heterocycles. The minimum Gasteiger partial charge on any atom is -0.357 e. The molecule has 26 heavy (non-hydrogen) atoms. The Hall–Kier alpha value is -2.63. The predicted octanol–water partition coefficient (Wildman–Crippen LogP) is 2.86. The summed E-state index contributed by atoms with van der Waals surface area (Å²) in [5.74, 6) is 0.952. The number of hydrogen-bond acceptors (Lipinski definition) is 3. The second-order valence-corrected chi connectivity index (χ2v) is 6.57. The monoisotopic (exact) mass is 355 g/mol. The van der Waals surface area contributed by atoms with Gasteiger partial charge in [0.2, 0.25) is 0 Å². The number of aliphatic imine (C=N–C) groups is 1. The van der Waals surface area contributed by atoms with E-state index in [2.05, 4.69) is 51.8 Å². The molecule has 138 valence electrons. The Labute approximate surface area is 154 Å². The molecule has 0 spiro atoms. The highest BCUT2D eigenvalue weighted by Gasteiger charge is 2.25. The largest absolute Gasteiger partial charge is 0.357 e. The van der Waals surface area contributed by atoms with Crippen molar-refractivity contribution < 1.29 is 4.39 Å². The average Bonchev–Trinajstić information content (AvgIpc) is 3.10. The smallest absolute Gasteiger partial charge is 0.191 e. The van der Waals surface area contributed by atoms with Gasteiger partial charge in [0.1, 0.15) is 0 Å². The van der Waals surface area contributed by atoms with Gasteiger partial charge in [-0.05, 0) is 38.0 Å². The number of nitrogens with one attached hydrogen (secondary N) is 2. The highest BCUT2D eigenvalue weighted by atomic mass is 19.1. The third-order valence-corrected chi connectivity index (χ3v) is 4.45. The van der Waals surface area contributed by atoms with E-state index in [1.807, 2.05) is 11.8 Å². The third-order valence-electron chi connectivity index (χ3n) is 4.45. The average molecular weight is 355 g/mol. The minimum atomic E-state index is -0.270. The van der Waals surface area contributed by atoms with Gasteiger partial charge >= 0.3 is 0 Å². The Morgan fingerprint density at radius 1 is 1.31 bits per heavy atom. The molecule has 0 radical (unpaired) electrons. The van der Waals surface area contributed by atoms with Crippen molar-refractivity contribution in [3.8, 4) is 0 Å². The van der Waals surface area contributed by atoms with Crippen molar-refractivity contribution in [2.24, 2.45) is 4.99 Å². The highest BCUT2D eigenvalue weighted by Crippen LogP contribution is 2.20. The fraction of sp³-hybridized carbons (Fsp3) is 0.400. The molecule has 5 nitrogen and oxygen atoms in total. The van der Waals surface area contributed by atoms with Gasteiger partial charge in [-0.25, -0.2) is 14.4 Å². The van der Waals surface area contributed by atoms with Crippen molar-refractivity contribution in [2.75, 3.05) is 24.5 Å². The van der Waals surface area contributed by atoms with Gasteiger partial charge in [0.05, 0.1) is 6.54 Å². The van der Waals surface area contributed by atoms with E-state index in [4.69, 9.17) is 0 Å². The molecule has 3 rings (SSSR count). The zero-order valence-corrected chi connectivity index (χ0v) is 15.4. The molecule has 2 aromatic rings. The molecule has 1 aromatic carbocycles. The van der Waals surface area contributed by atoms with Crippen LogP contribution >= 0.6 is 0 Å². The zero-order valence-electron chi connectivity index (χ0n) is 15.4. The fourth-order valence-electron chi connectivity index (χ4n) is 3.06. The van der Waals surface area contributed by atoms with Gasteiger partial charge in [0.15, 0.2) is 17.6 Å². The summed E-state index contributed by atoms with van der Waals surface area (Å²) in [5, 5.41) is 6.75. The van der Waals surface area contributed by atoms with Gasteiger partial charge in [-0.1, -0.05) is 29.8 Å². The molecule has 1 saturated heterocycles. The van der Waals surface area contributed by atoms with E-state index >= 15 is 0 Å². The molecule has 1 fully saturated rings. The predicted molar refractivity (Wildman–Crippen MR) is 104 cm³/mol. The number of guanidine groups is 1. The van der Waals surface area contributed by atoms with E-state index in [-0.39, 0.29) is 11.9 Å². The Balaban J connectivity index is 1.60. The first-order valence-electron chi connectivity index (χ1n) is 9.11. The number of benzene rings is 1. The molecule has 0 bridgehead atoms. The number of aryl methyl sites for hydroxylation is 1. The first-order chi connectivity index (χ1) is 12.7. The standard InChI is InChI=1S/C20H26FN5/c1-3-22-20(24-13-16-8-6-15(2)7-9-16)25-17-10-12-26(14-17)19-18(21)5-4-11-23-19/h4-9,11,17H,3,10,12-14H2,1-2H3,(H2,22,24,25). The number of halogens is 1. The van der Waals surface area contributed by atoms with Crippen LogP contribution in [0.3, 0.4) is 0 Å². The highest BCUT2D eigenvalue weighted by molar-refractivity contribution is 5.80. The maximum atomic E-state index is 13.9. The Morgan fingerprint density at radius 3 is 2.85 bits per heavy atom. The first kappa shape index (κ1) is 18.2. The molecule has 6 heteroatoms. The van der Waals surface area contributed by atoms with E-state index in [1.165, 1.54) is 17.2 Å². The quantitative estimate of drug-likeness (QED) is 0.640. The van der Waals surface area contributed by atoms with Gasteiger partial charge < -0.3 is 15.5 Å². The van der Waals surface area contributed by atoms with Crippen LogP contribution in [-0.2, 0) is 6.54 Å². The van der Waals surface area contributed by atoms with Crippen LogP contribution in [0.4, 0.5) is 10.2 Å². The summed E-state index contributed by atoms with van der Waals surface area (Å²) in [4.78, 5) is 10.8. The first-order valence-corrected chi connectivity index (χ1v) is 9.11. The number of rotatable bonds is 5. The van der Waals surface area contributed by atoms with E-state index in [0.29, 0.717) is 18.9 Å². The van der Waals surface area contributed by atoms with E-state index < -0.39 is 0 Å². The molecule has 1 aromatic heterocycles. The number of nitrogens with zero attached hydrogens (tertiary/aromatic N) is 3. The summed E-state index contributed by atoms with van der Waals surface area (Å²) < 4.78 is 13.9. The Bertz CT molecular complexity index is 744. The van der Waals surface area contributed by atoms with Crippen molar-refractivity contribution in [3.05, 3.63) is 59.5 Å². The summed E-state index contributed by atoms with van der Waals surface area (Å²) >= 11 is 0. The van der Waals surface area contributed by atoms with Crippen LogP contribution in [0, 0.1) is 12.7 Å². The van der Waals surface area contributed by atoms with Crippen molar-refractivity contribution in [1.82, 2.24) is 15.6 Å². The molecule has 1 unspecified atom stereocenters. The van der Waals surface area contributed by atoms with Crippen molar-refractivity contribution in [1.29, 1.82) is 0 Å². The number of pyridine rings is 1. The van der Waals surface area contributed by atoms with Gasteiger partial charge in [0, 0.05) is 31.9 Å². The van der Waals surface area contributed by atoms with Crippen molar-refractivity contribution >= 4 is 11.8 Å². The van der Waals surface area contributed by atoms with Gasteiger partial charge in [-0.2, -0.15) is 0 Å². The van der Waals surface area contributed by atoms with E-state index in [9.17, 15) is 4.39 Å². The van der Waals surface area contributed by atoms with Crippen LogP contribution in [0.15, 0.2) is 47.6 Å². The second-order valence-electron chi connectivity index (χ2n) is 6.57. The maximum absolute atomic E-state index is 13.9. The number of aromatic nitrogens is 1. The summed E-state index contributed by atoms with van der Waals surface area (Å²) in [7, 11) is 0. The van der Waals surface area contributed by atoms with Crippen LogP contribution in [0.5, 0.6) is 0 Å². The van der Waals surface area contributed by atoms with Gasteiger partial charge in [-0.3, -0.25) is 0 Å². The number of hydrogen-bond donors (Lipinski definition) is 2. The van der Waals surface area contributed by atoms with Crippen LogP contribution < -0.4 is 15.5 Å². The molecule has 0 saturated carbocycles. The van der Waals surface area contributed by atoms with Gasteiger partial charge in [0.25, 0.3) is 0 Å². The second kappa shape index (κ2) is 8.65. The topological polar surface area (TPSA) is 52.6 Å². The van der Waals surface area contributed by atoms with E-state index in [1.54, 1.807) is 12.3 Å². The molecular formula is C20H26FN5. The molecule has 0 amide bonds. The van der Waals surface area contributed by atoms with Crippen LogP contribution in [0.2, 0.25) is 0 Å². The molecule has 0 aliphatic carbocycles. The molecule has 2 N–H and O–H groups in total. The minimum absolute atomic E-state index is 0.215. The normalized spacial score (nSPS) is 17.4. The molecule has 2 heterocycles. The lowest BCUT2D eigenvalue weighted by Crippen LogP contribution is -2.44. The summed E-state index contributed by atoms with van der Waals surface area (Å²) in [6, 6.07) is 11.7. The third kappa shape index (κ3) is 4.71.